The first-order chi connectivity index (χ1) is 9.84. The maximum atomic E-state index is 10.9. The van der Waals surface area contributed by atoms with Gasteiger partial charge in [0.2, 0.25) is 0 Å². The average Bonchev–Trinajstić information content (AvgIpc) is 2.72. The van der Waals surface area contributed by atoms with E-state index in [1.54, 1.807) is 0 Å². The van der Waals surface area contributed by atoms with Gasteiger partial charge in [0.25, 0.3) is 0 Å². The third-order valence-electron chi connectivity index (χ3n) is 4.70. The summed E-state index contributed by atoms with van der Waals surface area (Å²) in [4.78, 5) is 0. The van der Waals surface area contributed by atoms with Crippen molar-refractivity contribution in [2.45, 2.75) is 43.6 Å². The van der Waals surface area contributed by atoms with Crippen molar-refractivity contribution in [1.82, 2.24) is 0 Å². The number of aliphatic hydroxyl groups excluding tert-OH is 1. The maximum Gasteiger partial charge on any atom is 0.0677 e. The van der Waals surface area contributed by atoms with Crippen LogP contribution in [0.5, 0.6) is 0 Å². The van der Waals surface area contributed by atoms with E-state index in [2.05, 4.69) is 48.5 Å². The summed E-state index contributed by atoms with van der Waals surface area (Å²) in [5.41, 5.74) is 2.26. The summed E-state index contributed by atoms with van der Waals surface area (Å²) in [5, 5.41) is 10.9. The van der Waals surface area contributed by atoms with Crippen LogP contribution < -0.4 is 0 Å². The molecule has 1 aliphatic carbocycles. The van der Waals surface area contributed by atoms with Gasteiger partial charge in [0.15, 0.2) is 0 Å². The highest BCUT2D eigenvalue weighted by molar-refractivity contribution is 5.41. The van der Waals surface area contributed by atoms with E-state index in [4.69, 9.17) is 0 Å². The van der Waals surface area contributed by atoms with E-state index in [0.29, 0.717) is 0 Å². The average molecular weight is 266 g/mol. The number of rotatable bonds is 2. The molecule has 0 amide bonds. The van der Waals surface area contributed by atoms with Gasteiger partial charge < -0.3 is 5.11 Å². The molecule has 1 nitrogen and oxygen atoms in total. The number of hydrogen-bond donors (Lipinski definition) is 1. The minimum absolute atomic E-state index is 0.237. The summed E-state index contributed by atoms with van der Waals surface area (Å²) >= 11 is 0. The Morgan fingerprint density at radius 3 is 1.85 bits per heavy atom. The van der Waals surface area contributed by atoms with E-state index < -0.39 is 0 Å². The van der Waals surface area contributed by atoms with E-state index >= 15 is 0 Å². The molecule has 20 heavy (non-hydrogen) atoms. The topological polar surface area (TPSA) is 20.2 Å². The Balaban J connectivity index is 2.16. The third-order valence-corrected chi connectivity index (χ3v) is 4.70. The second kappa shape index (κ2) is 5.80. The van der Waals surface area contributed by atoms with Gasteiger partial charge in [-0.3, -0.25) is 0 Å². The first-order valence-electron chi connectivity index (χ1n) is 7.63. The van der Waals surface area contributed by atoms with Crippen molar-refractivity contribution in [3.05, 3.63) is 71.8 Å². The Hall–Kier alpha value is -1.60. The van der Waals surface area contributed by atoms with Crippen LogP contribution in [0.15, 0.2) is 60.7 Å². The van der Waals surface area contributed by atoms with E-state index in [1.165, 1.54) is 24.0 Å². The van der Waals surface area contributed by atoms with Gasteiger partial charge in [0.05, 0.1) is 6.10 Å². The first-order valence-corrected chi connectivity index (χ1v) is 7.63. The largest absolute Gasteiger partial charge is 0.392 e. The number of benzene rings is 2. The van der Waals surface area contributed by atoms with Gasteiger partial charge in [-0.25, -0.2) is 0 Å². The van der Waals surface area contributed by atoms with Gasteiger partial charge in [-0.05, 0) is 24.0 Å². The van der Waals surface area contributed by atoms with Crippen LogP contribution >= 0.6 is 0 Å². The summed E-state index contributed by atoms with van der Waals surface area (Å²) in [6, 6.07) is 21.1. The van der Waals surface area contributed by atoms with Crippen molar-refractivity contribution in [1.29, 1.82) is 0 Å². The van der Waals surface area contributed by atoms with Crippen LogP contribution in [-0.2, 0) is 5.41 Å². The molecule has 0 spiro atoms. The normalized spacial score (nSPS) is 22.1. The predicted octanol–water partition coefficient (Wildman–Crippen LogP) is 4.30. The lowest BCUT2D eigenvalue weighted by molar-refractivity contribution is 0.0947. The fraction of sp³-hybridized carbons (Fsp3) is 0.368. The Morgan fingerprint density at radius 2 is 1.30 bits per heavy atom. The van der Waals surface area contributed by atoms with Crippen molar-refractivity contribution < 1.29 is 5.11 Å². The highest BCUT2D eigenvalue weighted by Crippen LogP contribution is 2.43. The molecule has 0 saturated heterocycles. The summed E-state index contributed by atoms with van der Waals surface area (Å²) in [5.74, 6) is 0. The Labute approximate surface area is 121 Å². The van der Waals surface area contributed by atoms with Crippen molar-refractivity contribution in [2.75, 3.05) is 0 Å². The molecule has 3 rings (SSSR count). The Kier molecular flexibility index (Phi) is 3.88. The van der Waals surface area contributed by atoms with Gasteiger partial charge in [0.1, 0.15) is 0 Å². The van der Waals surface area contributed by atoms with Gasteiger partial charge >= 0.3 is 0 Å². The fourth-order valence-corrected chi connectivity index (χ4v) is 3.64. The molecule has 0 aromatic heterocycles. The molecule has 0 aliphatic heterocycles. The smallest absolute Gasteiger partial charge is 0.0677 e. The lowest BCUT2D eigenvalue weighted by Crippen LogP contribution is -2.40. The van der Waals surface area contributed by atoms with Crippen molar-refractivity contribution in [3.63, 3.8) is 0 Å². The zero-order valence-electron chi connectivity index (χ0n) is 11.8. The maximum absolute atomic E-state index is 10.9. The zero-order valence-corrected chi connectivity index (χ0v) is 11.8. The quantitative estimate of drug-likeness (QED) is 0.804. The predicted molar refractivity (Wildman–Crippen MR) is 82.8 cm³/mol. The van der Waals surface area contributed by atoms with E-state index in [-0.39, 0.29) is 11.5 Å². The van der Waals surface area contributed by atoms with Crippen LogP contribution in [0.2, 0.25) is 0 Å². The molecule has 1 unspecified atom stereocenters. The van der Waals surface area contributed by atoms with Gasteiger partial charge in [-0.1, -0.05) is 79.9 Å². The molecule has 2 aromatic carbocycles. The molecule has 104 valence electrons. The molecule has 1 fully saturated rings. The molecule has 0 heterocycles. The molecule has 1 saturated carbocycles. The molecule has 1 aliphatic rings. The van der Waals surface area contributed by atoms with Gasteiger partial charge in [-0.15, -0.1) is 0 Å². The zero-order chi connectivity index (χ0) is 13.8. The van der Waals surface area contributed by atoms with Crippen LogP contribution in [0.4, 0.5) is 0 Å². The van der Waals surface area contributed by atoms with Gasteiger partial charge in [-0.2, -0.15) is 0 Å². The summed E-state index contributed by atoms with van der Waals surface area (Å²) in [6.07, 6.45) is 5.16. The van der Waals surface area contributed by atoms with Crippen LogP contribution in [0, 0.1) is 0 Å². The van der Waals surface area contributed by atoms with Crippen molar-refractivity contribution in [3.8, 4) is 0 Å². The molecule has 1 N–H and O–H groups in total. The summed E-state index contributed by atoms with van der Waals surface area (Å²) in [6.45, 7) is 0. The fourth-order valence-electron chi connectivity index (χ4n) is 3.64. The highest BCUT2D eigenvalue weighted by Gasteiger charge is 2.41. The van der Waals surface area contributed by atoms with E-state index in [1.807, 2.05) is 12.1 Å². The standard InChI is InChI=1S/C19H22O/c20-18-14-8-3-9-15-19(18,16-10-4-1-5-11-16)17-12-6-2-7-13-17/h1-2,4-7,10-13,18,20H,3,8-9,14-15H2. The lowest BCUT2D eigenvalue weighted by atomic mass is 9.67. The molecule has 0 bridgehead atoms. The second-order valence-corrected chi connectivity index (χ2v) is 5.82. The number of aliphatic hydroxyl groups is 1. The monoisotopic (exact) mass is 266 g/mol. The first kappa shape index (κ1) is 13.4. The Morgan fingerprint density at radius 1 is 0.750 bits per heavy atom. The van der Waals surface area contributed by atoms with E-state index in [9.17, 15) is 5.11 Å². The SMILES string of the molecule is OC1CCCCCC1(c1ccccc1)c1ccccc1. The van der Waals surface area contributed by atoms with E-state index in [0.717, 1.165) is 19.3 Å². The molecule has 2 aromatic rings. The van der Waals surface area contributed by atoms with Crippen molar-refractivity contribution in [2.24, 2.45) is 0 Å². The molecule has 0 radical (unpaired) electrons. The molecule has 1 atom stereocenters. The number of hydrogen-bond acceptors (Lipinski definition) is 1. The molecule has 1 heteroatoms. The van der Waals surface area contributed by atoms with Crippen LogP contribution in [0.25, 0.3) is 0 Å². The molecular weight excluding hydrogens is 244 g/mol. The Bertz CT molecular complexity index is 493. The minimum atomic E-state index is -0.296. The summed E-state index contributed by atoms with van der Waals surface area (Å²) in [7, 11) is 0. The highest BCUT2D eigenvalue weighted by atomic mass is 16.3. The third kappa shape index (κ3) is 2.27. The van der Waals surface area contributed by atoms with Crippen LogP contribution in [0.1, 0.15) is 43.2 Å². The van der Waals surface area contributed by atoms with Gasteiger partial charge in [0, 0.05) is 5.41 Å². The van der Waals surface area contributed by atoms with Crippen molar-refractivity contribution >= 4 is 0 Å². The van der Waals surface area contributed by atoms with Crippen LogP contribution in [0.3, 0.4) is 0 Å². The molecular formula is C19H22O. The lowest BCUT2D eigenvalue weighted by Gasteiger charge is -2.38. The minimum Gasteiger partial charge on any atom is -0.392 e. The second-order valence-electron chi connectivity index (χ2n) is 5.82. The summed E-state index contributed by atoms with van der Waals surface area (Å²) < 4.78 is 0. The van der Waals surface area contributed by atoms with Crippen LogP contribution in [-0.4, -0.2) is 11.2 Å².